The highest BCUT2D eigenvalue weighted by atomic mass is 15.2. The van der Waals surface area contributed by atoms with E-state index in [1.807, 2.05) is 6.92 Å². The Balaban J connectivity index is 1.93. The zero-order chi connectivity index (χ0) is 11.2. The quantitative estimate of drug-likeness (QED) is 0.696. The first kappa shape index (κ1) is 9.53. The predicted molar refractivity (Wildman–Crippen MR) is 58.4 cm³/mol. The highest BCUT2D eigenvalue weighted by Gasteiger charge is 2.37. The van der Waals surface area contributed by atoms with Crippen molar-refractivity contribution in [2.45, 2.75) is 31.7 Å². The number of H-pyrrole nitrogens is 2. The molecule has 0 unspecified atom stereocenters. The number of nitrogens with two attached hydrogens (primary N) is 1. The molecule has 6 heteroatoms. The van der Waals surface area contributed by atoms with Crippen LogP contribution in [0.1, 0.15) is 30.9 Å². The number of rotatable bonds is 2. The third-order valence-corrected chi connectivity index (χ3v) is 3.13. The summed E-state index contributed by atoms with van der Waals surface area (Å²) in [7, 11) is 0. The van der Waals surface area contributed by atoms with Crippen molar-refractivity contribution in [1.29, 1.82) is 0 Å². The van der Waals surface area contributed by atoms with E-state index >= 15 is 0 Å². The number of aromatic nitrogens is 5. The van der Waals surface area contributed by atoms with Crippen molar-refractivity contribution in [3.8, 4) is 11.5 Å². The molecule has 0 aliphatic heterocycles. The van der Waals surface area contributed by atoms with Gasteiger partial charge in [0, 0.05) is 0 Å². The molecule has 4 N–H and O–H groups in total. The Hall–Kier alpha value is -1.69. The summed E-state index contributed by atoms with van der Waals surface area (Å²) in [5.74, 6) is 2.27. The van der Waals surface area contributed by atoms with E-state index in [0.29, 0.717) is 5.82 Å². The van der Waals surface area contributed by atoms with E-state index in [4.69, 9.17) is 5.73 Å². The molecular weight excluding hydrogens is 204 g/mol. The number of nitrogens with zero attached hydrogens (tertiary/aromatic N) is 3. The molecule has 84 valence electrons. The maximum absolute atomic E-state index is 6.18. The lowest BCUT2D eigenvalue weighted by molar-refractivity contribution is 0.240. The molecule has 1 aliphatic rings. The van der Waals surface area contributed by atoms with E-state index in [9.17, 15) is 0 Å². The topological polar surface area (TPSA) is 96.3 Å². The number of hydrogen-bond acceptors (Lipinski definition) is 4. The predicted octanol–water partition coefficient (Wildman–Crippen LogP) is 0.841. The van der Waals surface area contributed by atoms with E-state index in [-0.39, 0.29) is 5.54 Å². The number of aromatic amines is 2. The molecule has 3 rings (SSSR count). The Morgan fingerprint density at radius 3 is 2.81 bits per heavy atom. The lowest BCUT2D eigenvalue weighted by Crippen LogP contribution is -2.44. The van der Waals surface area contributed by atoms with Gasteiger partial charge in [-0.15, -0.1) is 0 Å². The Labute approximate surface area is 92.7 Å². The summed E-state index contributed by atoms with van der Waals surface area (Å²) < 4.78 is 0. The molecule has 2 heterocycles. The molecule has 0 spiro atoms. The molecule has 0 aromatic carbocycles. The monoisotopic (exact) mass is 218 g/mol. The van der Waals surface area contributed by atoms with Crippen LogP contribution in [0.2, 0.25) is 0 Å². The highest BCUT2D eigenvalue weighted by Crippen LogP contribution is 2.37. The van der Waals surface area contributed by atoms with Crippen molar-refractivity contribution in [2.24, 2.45) is 5.73 Å². The summed E-state index contributed by atoms with van der Waals surface area (Å²) in [6, 6.07) is 0. The van der Waals surface area contributed by atoms with E-state index in [0.717, 1.165) is 30.2 Å². The van der Waals surface area contributed by atoms with Gasteiger partial charge in [-0.3, -0.25) is 5.10 Å². The molecule has 0 amide bonds. The Morgan fingerprint density at radius 1 is 1.44 bits per heavy atom. The van der Waals surface area contributed by atoms with E-state index in [2.05, 4.69) is 25.1 Å². The van der Waals surface area contributed by atoms with Gasteiger partial charge in [0.2, 0.25) is 0 Å². The Kier molecular flexibility index (Phi) is 1.88. The van der Waals surface area contributed by atoms with Gasteiger partial charge in [0.25, 0.3) is 0 Å². The van der Waals surface area contributed by atoms with Crippen LogP contribution in [0.25, 0.3) is 11.5 Å². The molecule has 2 aromatic heterocycles. The highest BCUT2D eigenvalue weighted by molar-refractivity contribution is 5.47. The summed E-state index contributed by atoms with van der Waals surface area (Å²) in [5.41, 5.74) is 6.73. The van der Waals surface area contributed by atoms with Crippen LogP contribution in [-0.2, 0) is 5.54 Å². The van der Waals surface area contributed by atoms with Crippen molar-refractivity contribution < 1.29 is 0 Å². The molecule has 0 bridgehead atoms. The van der Waals surface area contributed by atoms with Gasteiger partial charge in [-0.1, -0.05) is 0 Å². The van der Waals surface area contributed by atoms with Crippen molar-refractivity contribution in [2.75, 3.05) is 0 Å². The Morgan fingerprint density at radius 2 is 2.25 bits per heavy atom. The fourth-order valence-corrected chi connectivity index (χ4v) is 1.95. The van der Waals surface area contributed by atoms with E-state index in [1.54, 1.807) is 6.20 Å². The number of hydrogen-bond donors (Lipinski definition) is 3. The summed E-state index contributed by atoms with van der Waals surface area (Å²) >= 11 is 0. The summed E-state index contributed by atoms with van der Waals surface area (Å²) in [6.45, 7) is 1.87. The molecule has 0 atom stereocenters. The molecule has 2 aromatic rings. The molecule has 1 saturated carbocycles. The smallest absolute Gasteiger partial charge is 0.199 e. The average molecular weight is 218 g/mol. The molecule has 6 nitrogen and oxygen atoms in total. The van der Waals surface area contributed by atoms with Crippen LogP contribution < -0.4 is 5.73 Å². The summed E-state index contributed by atoms with van der Waals surface area (Å²) in [4.78, 5) is 11.8. The number of aryl methyl sites for hydroxylation is 1. The van der Waals surface area contributed by atoms with Gasteiger partial charge >= 0.3 is 0 Å². The number of nitrogens with one attached hydrogen (secondary N) is 2. The molecule has 0 saturated heterocycles. The first-order chi connectivity index (χ1) is 7.67. The zero-order valence-corrected chi connectivity index (χ0v) is 9.12. The molecule has 0 radical (unpaired) electrons. The van der Waals surface area contributed by atoms with Crippen molar-refractivity contribution >= 4 is 0 Å². The van der Waals surface area contributed by atoms with Crippen LogP contribution >= 0.6 is 0 Å². The maximum Gasteiger partial charge on any atom is 0.199 e. The summed E-state index contributed by atoms with van der Waals surface area (Å²) in [6.07, 6.45) is 4.90. The van der Waals surface area contributed by atoms with E-state index < -0.39 is 0 Å². The van der Waals surface area contributed by atoms with Gasteiger partial charge in [0.05, 0.1) is 11.7 Å². The third kappa shape index (κ3) is 1.34. The fourth-order valence-electron chi connectivity index (χ4n) is 1.95. The average Bonchev–Trinajstić information content (AvgIpc) is 2.82. The van der Waals surface area contributed by atoms with Crippen molar-refractivity contribution in [1.82, 2.24) is 25.1 Å². The lowest BCUT2D eigenvalue weighted by atomic mass is 9.77. The van der Waals surface area contributed by atoms with Gasteiger partial charge in [0.15, 0.2) is 5.82 Å². The van der Waals surface area contributed by atoms with E-state index in [1.165, 1.54) is 6.42 Å². The van der Waals surface area contributed by atoms with Gasteiger partial charge in [-0.25, -0.2) is 9.97 Å². The van der Waals surface area contributed by atoms with Crippen LogP contribution in [0.5, 0.6) is 0 Å². The fraction of sp³-hybridized carbons (Fsp3) is 0.500. The van der Waals surface area contributed by atoms with Crippen LogP contribution in [0.3, 0.4) is 0 Å². The second-order valence-corrected chi connectivity index (χ2v) is 4.40. The molecule has 1 aliphatic carbocycles. The van der Waals surface area contributed by atoms with Gasteiger partial charge < -0.3 is 10.7 Å². The minimum absolute atomic E-state index is 0.260. The standard InChI is InChI=1S/C10H14N6/c1-6-13-8(16-15-6)7-5-12-9(14-7)10(11)3-2-4-10/h5H,2-4,11H2,1H3,(H,12,14)(H,13,15,16). The zero-order valence-electron chi connectivity index (χ0n) is 9.12. The van der Waals surface area contributed by atoms with Gasteiger partial charge in [-0.05, 0) is 26.2 Å². The van der Waals surface area contributed by atoms with Crippen LogP contribution in [0.4, 0.5) is 0 Å². The van der Waals surface area contributed by atoms with Crippen LogP contribution in [0, 0.1) is 6.92 Å². The van der Waals surface area contributed by atoms with Crippen LogP contribution in [0.15, 0.2) is 6.20 Å². The van der Waals surface area contributed by atoms with Crippen molar-refractivity contribution in [3.05, 3.63) is 17.8 Å². The van der Waals surface area contributed by atoms with Crippen LogP contribution in [-0.4, -0.2) is 25.1 Å². The lowest BCUT2D eigenvalue weighted by Gasteiger charge is -2.35. The minimum Gasteiger partial charge on any atom is -0.338 e. The Bertz CT molecular complexity index is 507. The van der Waals surface area contributed by atoms with Crippen molar-refractivity contribution in [3.63, 3.8) is 0 Å². The first-order valence-electron chi connectivity index (χ1n) is 5.41. The molecular formula is C10H14N6. The summed E-state index contributed by atoms with van der Waals surface area (Å²) in [5, 5.41) is 6.88. The number of imidazole rings is 1. The SMILES string of the molecule is Cc1nc(-c2cnc(C3(N)CCC3)[nH]2)n[nH]1. The second kappa shape index (κ2) is 3.15. The minimum atomic E-state index is -0.260. The first-order valence-corrected chi connectivity index (χ1v) is 5.41. The van der Waals surface area contributed by atoms with Gasteiger partial charge in [-0.2, -0.15) is 5.10 Å². The third-order valence-electron chi connectivity index (χ3n) is 3.13. The largest absolute Gasteiger partial charge is 0.338 e. The molecule has 16 heavy (non-hydrogen) atoms. The molecule has 1 fully saturated rings. The second-order valence-electron chi connectivity index (χ2n) is 4.40. The maximum atomic E-state index is 6.18. The normalized spacial score (nSPS) is 18.4. The van der Waals surface area contributed by atoms with Gasteiger partial charge in [0.1, 0.15) is 17.3 Å².